The zero-order chi connectivity index (χ0) is 14.8. The van der Waals surface area contributed by atoms with Crippen molar-refractivity contribution in [3.8, 4) is 0 Å². The van der Waals surface area contributed by atoms with Gasteiger partial charge in [0.1, 0.15) is 0 Å². The molecule has 0 unspecified atom stereocenters. The molecule has 0 aliphatic carbocycles. The maximum atomic E-state index is 5.01. The van der Waals surface area contributed by atoms with Gasteiger partial charge in [0.05, 0.1) is 12.3 Å². The van der Waals surface area contributed by atoms with Crippen molar-refractivity contribution in [1.29, 1.82) is 0 Å². The van der Waals surface area contributed by atoms with Crippen LogP contribution < -0.4 is 10.2 Å². The third-order valence-electron chi connectivity index (χ3n) is 3.01. The molecule has 0 atom stereocenters. The summed E-state index contributed by atoms with van der Waals surface area (Å²) in [6, 6.07) is 0. The van der Waals surface area contributed by atoms with Crippen molar-refractivity contribution in [3.63, 3.8) is 0 Å². The summed E-state index contributed by atoms with van der Waals surface area (Å²) >= 11 is 1.73. The number of nitrogens with zero attached hydrogens (tertiary/aromatic N) is 3. The first-order valence-electron chi connectivity index (χ1n) is 7.21. The Labute approximate surface area is 126 Å². The number of methoxy groups -OCH3 is 1. The number of rotatable bonds is 11. The highest BCUT2D eigenvalue weighted by Crippen LogP contribution is 2.20. The standard InChI is InChI=1S/C14H28N4OS/c1-5-18(9-6-8-17(2)3)14-16-13(12-20-14)11-15-7-10-19-4/h12,15H,5-11H2,1-4H3. The van der Waals surface area contributed by atoms with E-state index in [1.54, 1.807) is 18.4 Å². The molecule has 0 saturated carbocycles. The summed E-state index contributed by atoms with van der Waals surface area (Å²) < 4.78 is 5.01. The number of nitrogens with one attached hydrogen (secondary N) is 1. The van der Waals surface area contributed by atoms with Crippen LogP contribution in [-0.4, -0.2) is 63.9 Å². The van der Waals surface area contributed by atoms with E-state index in [0.29, 0.717) is 0 Å². The van der Waals surface area contributed by atoms with E-state index in [4.69, 9.17) is 9.72 Å². The highest BCUT2D eigenvalue weighted by atomic mass is 32.1. The maximum Gasteiger partial charge on any atom is 0.185 e. The second-order valence-corrected chi connectivity index (χ2v) is 5.86. The Morgan fingerprint density at radius 3 is 2.80 bits per heavy atom. The predicted molar refractivity (Wildman–Crippen MR) is 86.8 cm³/mol. The van der Waals surface area contributed by atoms with Gasteiger partial charge in [0.2, 0.25) is 0 Å². The molecule has 5 nitrogen and oxygen atoms in total. The summed E-state index contributed by atoms with van der Waals surface area (Å²) in [4.78, 5) is 9.28. The molecule has 1 aromatic heterocycles. The number of anilines is 1. The van der Waals surface area contributed by atoms with Gasteiger partial charge >= 0.3 is 0 Å². The molecule has 1 rings (SSSR count). The molecular weight excluding hydrogens is 272 g/mol. The fraction of sp³-hybridized carbons (Fsp3) is 0.786. The van der Waals surface area contributed by atoms with E-state index in [0.717, 1.165) is 50.2 Å². The maximum absolute atomic E-state index is 5.01. The van der Waals surface area contributed by atoms with Gasteiger partial charge in [0.15, 0.2) is 5.13 Å². The molecular formula is C14H28N4OS. The van der Waals surface area contributed by atoms with Gasteiger partial charge in [-0.05, 0) is 34.0 Å². The average Bonchev–Trinajstić information content (AvgIpc) is 2.88. The number of hydrogen-bond acceptors (Lipinski definition) is 6. The molecule has 0 radical (unpaired) electrons. The lowest BCUT2D eigenvalue weighted by atomic mass is 10.3. The van der Waals surface area contributed by atoms with Crippen molar-refractivity contribution in [1.82, 2.24) is 15.2 Å². The summed E-state index contributed by atoms with van der Waals surface area (Å²) in [7, 11) is 5.95. The van der Waals surface area contributed by atoms with E-state index < -0.39 is 0 Å². The summed E-state index contributed by atoms with van der Waals surface area (Å²) in [5.74, 6) is 0. The molecule has 0 spiro atoms. The zero-order valence-corrected chi connectivity index (χ0v) is 14.0. The summed E-state index contributed by atoms with van der Waals surface area (Å²) in [5.41, 5.74) is 1.12. The molecule has 1 N–H and O–H groups in total. The van der Waals surface area contributed by atoms with Crippen molar-refractivity contribution in [3.05, 3.63) is 11.1 Å². The van der Waals surface area contributed by atoms with Crippen LogP contribution in [0.3, 0.4) is 0 Å². The third kappa shape index (κ3) is 6.65. The summed E-state index contributed by atoms with van der Waals surface area (Å²) in [6.45, 7) is 7.80. The van der Waals surface area contributed by atoms with Gasteiger partial charge in [-0.2, -0.15) is 0 Å². The van der Waals surface area contributed by atoms with Gasteiger partial charge in [-0.15, -0.1) is 11.3 Å². The first-order chi connectivity index (χ1) is 9.67. The topological polar surface area (TPSA) is 40.6 Å². The van der Waals surface area contributed by atoms with Crippen molar-refractivity contribution in [2.75, 3.05) is 58.9 Å². The molecule has 0 saturated heterocycles. The Bertz CT molecular complexity index is 357. The number of ether oxygens (including phenoxy) is 1. The largest absolute Gasteiger partial charge is 0.383 e. The smallest absolute Gasteiger partial charge is 0.185 e. The summed E-state index contributed by atoms with van der Waals surface area (Å²) in [5, 5.41) is 6.60. The van der Waals surface area contributed by atoms with Crippen LogP contribution in [0, 0.1) is 0 Å². The molecule has 0 aliphatic rings. The molecule has 116 valence electrons. The predicted octanol–water partition coefficient (Wildman–Crippen LogP) is 1.66. The first-order valence-corrected chi connectivity index (χ1v) is 8.09. The van der Waals surface area contributed by atoms with E-state index in [1.807, 2.05) is 0 Å². The van der Waals surface area contributed by atoms with E-state index in [-0.39, 0.29) is 0 Å². The average molecular weight is 300 g/mol. The Morgan fingerprint density at radius 1 is 1.35 bits per heavy atom. The van der Waals surface area contributed by atoms with Crippen LogP contribution >= 0.6 is 11.3 Å². The fourth-order valence-corrected chi connectivity index (χ4v) is 2.80. The highest BCUT2D eigenvalue weighted by Gasteiger charge is 2.09. The SMILES string of the molecule is CCN(CCCN(C)C)c1nc(CNCCOC)cs1. The second-order valence-electron chi connectivity index (χ2n) is 5.03. The van der Waals surface area contributed by atoms with E-state index in [9.17, 15) is 0 Å². The first kappa shape index (κ1) is 17.4. The van der Waals surface area contributed by atoms with Crippen LogP contribution in [0.5, 0.6) is 0 Å². The van der Waals surface area contributed by atoms with Crippen molar-refractivity contribution < 1.29 is 4.74 Å². The summed E-state index contributed by atoms with van der Waals surface area (Å²) in [6.07, 6.45) is 1.17. The quantitative estimate of drug-likeness (QED) is 0.629. The lowest BCUT2D eigenvalue weighted by molar-refractivity contribution is 0.199. The zero-order valence-electron chi connectivity index (χ0n) is 13.2. The number of aromatic nitrogens is 1. The molecule has 0 amide bonds. The lowest BCUT2D eigenvalue weighted by Crippen LogP contribution is -2.27. The molecule has 0 fully saturated rings. The molecule has 6 heteroatoms. The van der Waals surface area contributed by atoms with Crippen LogP contribution in [0.4, 0.5) is 5.13 Å². The van der Waals surface area contributed by atoms with Gasteiger partial charge in [-0.3, -0.25) is 0 Å². The molecule has 0 bridgehead atoms. The Balaban J connectivity index is 2.38. The minimum absolute atomic E-state index is 0.739. The number of hydrogen-bond donors (Lipinski definition) is 1. The van der Waals surface area contributed by atoms with Crippen molar-refractivity contribution in [2.24, 2.45) is 0 Å². The van der Waals surface area contributed by atoms with Crippen LogP contribution in [0.1, 0.15) is 19.0 Å². The Morgan fingerprint density at radius 2 is 2.15 bits per heavy atom. The molecule has 20 heavy (non-hydrogen) atoms. The van der Waals surface area contributed by atoms with Gasteiger partial charge in [-0.25, -0.2) is 4.98 Å². The van der Waals surface area contributed by atoms with Gasteiger partial charge in [0, 0.05) is 38.7 Å². The van der Waals surface area contributed by atoms with E-state index in [1.165, 1.54) is 6.42 Å². The van der Waals surface area contributed by atoms with E-state index in [2.05, 4.69) is 41.5 Å². The minimum Gasteiger partial charge on any atom is -0.383 e. The molecule has 1 heterocycles. The van der Waals surface area contributed by atoms with Crippen LogP contribution in [0.25, 0.3) is 0 Å². The van der Waals surface area contributed by atoms with Gasteiger partial charge < -0.3 is 19.9 Å². The Kier molecular flexibility index (Phi) is 8.77. The van der Waals surface area contributed by atoms with Gasteiger partial charge in [-0.1, -0.05) is 0 Å². The fourth-order valence-electron chi connectivity index (χ4n) is 1.88. The van der Waals surface area contributed by atoms with E-state index >= 15 is 0 Å². The third-order valence-corrected chi connectivity index (χ3v) is 3.96. The van der Waals surface area contributed by atoms with Crippen LogP contribution in [0.2, 0.25) is 0 Å². The van der Waals surface area contributed by atoms with Crippen LogP contribution in [0.15, 0.2) is 5.38 Å². The Hall–Kier alpha value is -0.690. The van der Waals surface area contributed by atoms with Gasteiger partial charge in [0.25, 0.3) is 0 Å². The van der Waals surface area contributed by atoms with Crippen LogP contribution in [-0.2, 0) is 11.3 Å². The monoisotopic (exact) mass is 300 g/mol. The van der Waals surface area contributed by atoms with Crippen molar-refractivity contribution >= 4 is 16.5 Å². The second kappa shape index (κ2) is 10.1. The number of thiazole rings is 1. The highest BCUT2D eigenvalue weighted by molar-refractivity contribution is 7.13. The lowest BCUT2D eigenvalue weighted by Gasteiger charge is -2.20. The molecule has 0 aromatic carbocycles. The minimum atomic E-state index is 0.739. The molecule has 1 aromatic rings. The molecule has 0 aliphatic heterocycles. The van der Waals surface area contributed by atoms with Crippen molar-refractivity contribution in [2.45, 2.75) is 19.9 Å². The normalized spacial score (nSPS) is 11.2.